The number of hydrogen-bond acceptors (Lipinski definition) is 5. The maximum absolute atomic E-state index is 5.65. The van der Waals surface area contributed by atoms with Crippen molar-refractivity contribution >= 4 is 0 Å². The van der Waals surface area contributed by atoms with E-state index in [1.165, 1.54) is 6.42 Å². The third-order valence-electron chi connectivity index (χ3n) is 2.61. The Kier molecular flexibility index (Phi) is 3.33. The summed E-state index contributed by atoms with van der Waals surface area (Å²) < 4.78 is 10.5. The Morgan fingerprint density at radius 2 is 2.47 bits per heavy atom. The highest BCUT2D eigenvalue weighted by Gasteiger charge is 2.18. The lowest BCUT2D eigenvalue weighted by molar-refractivity contribution is 0.0520. The molecular formula is C10H17N3O2. The summed E-state index contributed by atoms with van der Waals surface area (Å²) in [6.07, 6.45) is 3.11. The molecule has 0 amide bonds. The number of ether oxygens (including phenoxy) is 1. The lowest BCUT2D eigenvalue weighted by atomic mass is 9.99. The van der Waals surface area contributed by atoms with Crippen molar-refractivity contribution in [2.24, 2.45) is 11.7 Å². The van der Waals surface area contributed by atoms with Crippen LogP contribution in [0.15, 0.2) is 4.52 Å². The summed E-state index contributed by atoms with van der Waals surface area (Å²) in [5, 5.41) is 3.83. The van der Waals surface area contributed by atoms with E-state index >= 15 is 0 Å². The van der Waals surface area contributed by atoms with Gasteiger partial charge in [-0.2, -0.15) is 4.98 Å². The molecule has 2 unspecified atom stereocenters. The van der Waals surface area contributed by atoms with Crippen molar-refractivity contribution in [3.05, 3.63) is 11.7 Å². The van der Waals surface area contributed by atoms with Crippen molar-refractivity contribution < 1.29 is 9.26 Å². The highest BCUT2D eigenvalue weighted by Crippen LogP contribution is 2.18. The van der Waals surface area contributed by atoms with Crippen molar-refractivity contribution in [3.8, 4) is 0 Å². The summed E-state index contributed by atoms with van der Waals surface area (Å²) in [7, 11) is 0. The van der Waals surface area contributed by atoms with E-state index in [4.69, 9.17) is 15.0 Å². The molecule has 1 fully saturated rings. The summed E-state index contributed by atoms with van der Waals surface area (Å²) in [6, 6.07) is -0.162. The molecule has 0 aliphatic carbocycles. The average molecular weight is 211 g/mol. The minimum absolute atomic E-state index is 0.162. The second kappa shape index (κ2) is 4.72. The van der Waals surface area contributed by atoms with Crippen LogP contribution in [0.25, 0.3) is 0 Å². The molecule has 0 spiro atoms. The summed E-state index contributed by atoms with van der Waals surface area (Å²) in [6.45, 7) is 3.53. The molecule has 1 aromatic heterocycles. The molecular weight excluding hydrogens is 194 g/mol. The third-order valence-corrected chi connectivity index (χ3v) is 2.61. The Morgan fingerprint density at radius 1 is 1.60 bits per heavy atom. The SMILES string of the molecule is CC(N)c1noc(CC2CCCOC2)n1. The standard InChI is InChI=1S/C10H17N3O2/c1-7(11)10-12-9(15-13-10)5-8-3-2-4-14-6-8/h7-8H,2-6,11H2,1H3. The van der Waals surface area contributed by atoms with Crippen LogP contribution in [0.5, 0.6) is 0 Å². The first-order valence-corrected chi connectivity index (χ1v) is 5.41. The van der Waals surface area contributed by atoms with Crippen molar-refractivity contribution in [3.63, 3.8) is 0 Å². The number of nitrogens with zero attached hydrogens (tertiary/aromatic N) is 2. The van der Waals surface area contributed by atoms with Crippen molar-refractivity contribution in [1.82, 2.24) is 10.1 Å². The first-order valence-electron chi connectivity index (χ1n) is 5.41. The van der Waals surface area contributed by atoms with Gasteiger partial charge in [0, 0.05) is 19.6 Å². The zero-order chi connectivity index (χ0) is 10.7. The fourth-order valence-electron chi connectivity index (χ4n) is 1.75. The van der Waals surface area contributed by atoms with Crippen LogP contribution >= 0.6 is 0 Å². The van der Waals surface area contributed by atoms with Gasteiger partial charge < -0.3 is 15.0 Å². The van der Waals surface area contributed by atoms with Crippen molar-refractivity contribution in [2.75, 3.05) is 13.2 Å². The van der Waals surface area contributed by atoms with E-state index in [-0.39, 0.29) is 6.04 Å². The summed E-state index contributed by atoms with van der Waals surface area (Å²) in [5.41, 5.74) is 5.65. The first kappa shape index (κ1) is 10.6. The minimum Gasteiger partial charge on any atom is -0.381 e. The van der Waals surface area contributed by atoms with Crippen molar-refractivity contribution in [1.29, 1.82) is 0 Å². The van der Waals surface area contributed by atoms with Crippen LogP contribution in [0.3, 0.4) is 0 Å². The number of hydrogen-bond donors (Lipinski definition) is 1. The predicted octanol–water partition coefficient (Wildman–Crippen LogP) is 1.06. The second-order valence-corrected chi connectivity index (χ2v) is 4.12. The molecule has 2 atom stereocenters. The Bertz CT molecular complexity index is 305. The van der Waals surface area contributed by atoms with Gasteiger partial charge in [0.2, 0.25) is 5.89 Å². The molecule has 1 aromatic rings. The molecule has 84 valence electrons. The molecule has 0 aromatic carbocycles. The van der Waals surface area contributed by atoms with Crippen molar-refractivity contribution in [2.45, 2.75) is 32.2 Å². The maximum Gasteiger partial charge on any atom is 0.227 e. The highest BCUT2D eigenvalue weighted by atomic mass is 16.5. The zero-order valence-electron chi connectivity index (χ0n) is 8.98. The lowest BCUT2D eigenvalue weighted by Gasteiger charge is -2.20. The van der Waals surface area contributed by atoms with Gasteiger partial charge in [-0.25, -0.2) is 0 Å². The molecule has 0 bridgehead atoms. The van der Waals surface area contributed by atoms with E-state index in [9.17, 15) is 0 Å². The smallest absolute Gasteiger partial charge is 0.227 e. The first-order chi connectivity index (χ1) is 7.25. The Labute approximate surface area is 89.0 Å². The van der Waals surface area contributed by atoms with E-state index in [0.717, 1.165) is 26.1 Å². The number of aromatic nitrogens is 2. The van der Waals surface area contributed by atoms with E-state index in [0.29, 0.717) is 17.6 Å². The van der Waals surface area contributed by atoms with Gasteiger partial charge in [0.1, 0.15) is 0 Å². The molecule has 0 radical (unpaired) electrons. The molecule has 0 saturated carbocycles. The average Bonchev–Trinajstić information content (AvgIpc) is 2.68. The molecule has 15 heavy (non-hydrogen) atoms. The predicted molar refractivity (Wildman–Crippen MR) is 54.1 cm³/mol. The summed E-state index contributed by atoms with van der Waals surface area (Å²) >= 11 is 0. The van der Waals surface area contributed by atoms with Crippen LogP contribution < -0.4 is 5.73 Å². The van der Waals surface area contributed by atoms with Crippen LogP contribution in [0, 0.1) is 5.92 Å². The van der Waals surface area contributed by atoms with Crippen LogP contribution in [-0.2, 0) is 11.2 Å². The summed E-state index contributed by atoms with van der Waals surface area (Å²) in [4.78, 5) is 4.25. The van der Waals surface area contributed by atoms with E-state index in [1.807, 2.05) is 6.92 Å². The molecule has 5 nitrogen and oxygen atoms in total. The van der Waals surface area contributed by atoms with Crippen LogP contribution in [0.1, 0.15) is 37.5 Å². The quantitative estimate of drug-likeness (QED) is 0.809. The van der Waals surface area contributed by atoms with E-state index < -0.39 is 0 Å². The monoisotopic (exact) mass is 211 g/mol. The van der Waals surface area contributed by atoms with Gasteiger partial charge in [-0.3, -0.25) is 0 Å². The van der Waals surface area contributed by atoms with Crippen LogP contribution in [-0.4, -0.2) is 23.4 Å². The number of rotatable bonds is 3. The summed E-state index contributed by atoms with van der Waals surface area (Å²) in [5.74, 6) is 1.78. The van der Waals surface area contributed by atoms with Gasteiger partial charge in [0.25, 0.3) is 0 Å². The van der Waals surface area contributed by atoms with Gasteiger partial charge >= 0.3 is 0 Å². The van der Waals surface area contributed by atoms with Crippen LogP contribution in [0.2, 0.25) is 0 Å². The highest BCUT2D eigenvalue weighted by molar-refractivity contribution is 4.92. The molecule has 1 aliphatic heterocycles. The Morgan fingerprint density at radius 3 is 3.07 bits per heavy atom. The van der Waals surface area contributed by atoms with Gasteiger partial charge in [-0.05, 0) is 25.7 Å². The van der Waals surface area contributed by atoms with E-state index in [1.54, 1.807) is 0 Å². The second-order valence-electron chi connectivity index (χ2n) is 4.12. The Hall–Kier alpha value is -0.940. The van der Waals surface area contributed by atoms with Crippen LogP contribution in [0.4, 0.5) is 0 Å². The van der Waals surface area contributed by atoms with Gasteiger partial charge in [-0.1, -0.05) is 5.16 Å². The van der Waals surface area contributed by atoms with Gasteiger partial charge in [0.05, 0.1) is 6.04 Å². The van der Waals surface area contributed by atoms with Gasteiger partial charge in [0.15, 0.2) is 5.82 Å². The lowest BCUT2D eigenvalue weighted by Crippen LogP contribution is -2.19. The molecule has 2 rings (SSSR count). The topological polar surface area (TPSA) is 74.2 Å². The zero-order valence-corrected chi connectivity index (χ0v) is 8.98. The minimum atomic E-state index is -0.162. The van der Waals surface area contributed by atoms with Gasteiger partial charge in [-0.15, -0.1) is 0 Å². The third kappa shape index (κ3) is 2.76. The normalized spacial score (nSPS) is 24.0. The Balaban J connectivity index is 1.91. The molecule has 5 heteroatoms. The molecule has 1 saturated heterocycles. The maximum atomic E-state index is 5.65. The molecule has 2 heterocycles. The molecule has 1 aliphatic rings. The fourth-order valence-corrected chi connectivity index (χ4v) is 1.75. The number of nitrogens with two attached hydrogens (primary N) is 1. The van der Waals surface area contributed by atoms with E-state index in [2.05, 4.69) is 10.1 Å². The largest absolute Gasteiger partial charge is 0.381 e. The fraction of sp³-hybridized carbons (Fsp3) is 0.800. The molecule has 2 N–H and O–H groups in total.